The van der Waals surface area contributed by atoms with Crippen LogP contribution in [0.1, 0.15) is 24.8 Å². The molecule has 0 unspecified atom stereocenters. The van der Waals surface area contributed by atoms with Crippen LogP contribution >= 0.6 is 15.9 Å². The summed E-state index contributed by atoms with van der Waals surface area (Å²) < 4.78 is 1.16. The molecule has 2 nitrogen and oxygen atoms in total. The summed E-state index contributed by atoms with van der Waals surface area (Å²) in [4.78, 5) is 2.41. The highest BCUT2D eigenvalue weighted by Crippen LogP contribution is 2.30. The molecule has 0 aliphatic heterocycles. The average molecular weight is 297 g/mol. The molecule has 2 rings (SSSR count). The first-order valence-electron chi connectivity index (χ1n) is 6.35. The summed E-state index contributed by atoms with van der Waals surface area (Å²) in [6, 6.07) is 6.56. The van der Waals surface area contributed by atoms with Gasteiger partial charge in [-0.1, -0.05) is 22.4 Å². The van der Waals surface area contributed by atoms with E-state index in [1.807, 2.05) is 7.05 Å². The number of nitrogens with zero attached hydrogens (tertiary/aromatic N) is 1. The van der Waals surface area contributed by atoms with E-state index < -0.39 is 0 Å². The molecule has 0 heterocycles. The largest absolute Gasteiger partial charge is 0.374 e. The highest BCUT2D eigenvalue weighted by Gasteiger charge is 2.20. The van der Waals surface area contributed by atoms with Gasteiger partial charge in [-0.05, 0) is 49.6 Å². The lowest BCUT2D eigenvalue weighted by molar-refractivity contribution is 0.321. The number of hydrogen-bond donors (Lipinski definition) is 1. The molecule has 1 N–H and O–H groups in total. The molecule has 0 bridgehead atoms. The Morgan fingerprint density at radius 2 is 2.18 bits per heavy atom. The fraction of sp³-hybridized carbons (Fsp3) is 0.571. The smallest absolute Gasteiger partial charge is 0.0410 e. The van der Waals surface area contributed by atoms with Gasteiger partial charge in [-0.2, -0.15) is 0 Å². The second kappa shape index (κ2) is 5.87. The van der Waals surface area contributed by atoms with Crippen LogP contribution in [0.2, 0.25) is 0 Å². The molecule has 0 spiro atoms. The predicted octanol–water partition coefficient (Wildman–Crippen LogP) is 3.40. The fourth-order valence-corrected chi connectivity index (χ4v) is 2.83. The summed E-state index contributed by atoms with van der Waals surface area (Å²) in [5, 5.41) is 3.24. The van der Waals surface area contributed by atoms with Crippen molar-refractivity contribution in [2.24, 2.45) is 5.92 Å². The van der Waals surface area contributed by atoms with Gasteiger partial charge in [0.15, 0.2) is 0 Å². The molecule has 94 valence electrons. The number of anilines is 1. The SMILES string of the molecule is CNCc1cc(Br)ccc1N(C)CC1CCC1. The van der Waals surface area contributed by atoms with Gasteiger partial charge in [0.1, 0.15) is 0 Å². The standard InChI is InChI=1S/C14H21BrN2/c1-16-9-12-8-13(15)6-7-14(12)17(2)10-11-4-3-5-11/h6-8,11,16H,3-5,9-10H2,1-2H3. The third kappa shape index (κ3) is 3.23. The first kappa shape index (κ1) is 12.9. The van der Waals surface area contributed by atoms with Crippen LogP contribution in [0.3, 0.4) is 0 Å². The fourth-order valence-electron chi connectivity index (χ4n) is 2.42. The van der Waals surface area contributed by atoms with Gasteiger partial charge in [0, 0.05) is 30.3 Å². The van der Waals surface area contributed by atoms with Crippen LogP contribution in [-0.4, -0.2) is 20.6 Å². The molecule has 0 atom stereocenters. The van der Waals surface area contributed by atoms with Crippen LogP contribution in [-0.2, 0) is 6.54 Å². The van der Waals surface area contributed by atoms with E-state index in [9.17, 15) is 0 Å². The number of hydrogen-bond acceptors (Lipinski definition) is 2. The zero-order valence-corrected chi connectivity index (χ0v) is 12.3. The van der Waals surface area contributed by atoms with E-state index in [4.69, 9.17) is 0 Å². The zero-order valence-electron chi connectivity index (χ0n) is 10.7. The first-order valence-corrected chi connectivity index (χ1v) is 7.14. The molecule has 1 aliphatic carbocycles. The van der Waals surface area contributed by atoms with Crippen LogP contribution < -0.4 is 10.2 Å². The second-order valence-corrected chi connectivity index (χ2v) is 5.90. The van der Waals surface area contributed by atoms with Gasteiger partial charge in [0.25, 0.3) is 0 Å². The summed E-state index contributed by atoms with van der Waals surface area (Å²) in [5.74, 6) is 0.908. The highest BCUT2D eigenvalue weighted by atomic mass is 79.9. The van der Waals surface area contributed by atoms with E-state index in [0.29, 0.717) is 0 Å². The van der Waals surface area contributed by atoms with Crippen LogP contribution in [0.5, 0.6) is 0 Å². The molecule has 3 heteroatoms. The molecule has 1 fully saturated rings. The minimum absolute atomic E-state index is 0.908. The van der Waals surface area contributed by atoms with Gasteiger partial charge in [-0.15, -0.1) is 0 Å². The normalized spacial score (nSPS) is 15.7. The van der Waals surface area contributed by atoms with Crippen LogP contribution in [0.4, 0.5) is 5.69 Å². The van der Waals surface area contributed by atoms with Gasteiger partial charge in [0.2, 0.25) is 0 Å². The monoisotopic (exact) mass is 296 g/mol. The lowest BCUT2D eigenvalue weighted by Gasteiger charge is -2.32. The van der Waals surface area contributed by atoms with Gasteiger partial charge in [-0.3, -0.25) is 0 Å². The lowest BCUT2D eigenvalue weighted by Crippen LogP contribution is -2.30. The maximum absolute atomic E-state index is 3.54. The van der Waals surface area contributed by atoms with E-state index in [0.717, 1.165) is 16.9 Å². The molecule has 1 saturated carbocycles. The van der Waals surface area contributed by atoms with Crippen LogP contribution in [0.15, 0.2) is 22.7 Å². The minimum Gasteiger partial charge on any atom is -0.374 e. The lowest BCUT2D eigenvalue weighted by atomic mass is 9.85. The molecule has 0 radical (unpaired) electrons. The molecule has 0 saturated heterocycles. The maximum atomic E-state index is 3.54. The number of benzene rings is 1. The summed E-state index contributed by atoms with van der Waals surface area (Å²) >= 11 is 3.54. The zero-order chi connectivity index (χ0) is 12.3. The molecule has 1 aromatic rings. The van der Waals surface area contributed by atoms with Crippen molar-refractivity contribution in [1.82, 2.24) is 5.32 Å². The molecular formula is C14H21BrN2. The maximum Gasteiger partial charge on any atom is 0.0410 e. The minimum atomic E-state index is 0.908. The Balaban J connectivity index is 2.11. The third-order valence-corrected chi connectivity index (χ3v) is 4.07. The van der Waals surface area contributed by atoms with Crippen molar-refractivity contribution >= 4 is 21.6 Å². The summed E-state index contributed by atoms with van der Waals surface area (Å²) in [7, 11) is 4.21. The van der Waals surface area contributed by atoms with Crippen LogP contribution in [0.25, 0.3) is 0 Å². The molecule has 17 heavy (non-hydrogen) atoms. The van der Waals surface area contributed by atoms with Crippen molar-refractivity contribution in [3.05, 3.63) is 28.2 Å². The van der Waals surface area contributed by atoms with E-state index in [2.05, 4.69) is 51.4 Å². The Bertz CT molecular complexity index is 374. The van der Waals surface area contributed by atoms with Crippen molar-refractivity contribution < 1.29 is 0 Å². The Kier molecular flexibility index (Phi) is 4.46. The van der Waals surface area contributed by atoms with Crippen LogP contribution in [0, 0.1) is 5.92 Å². The number of rotatable bonds is 5. The molecule has 0 aromatic heterocycles. The van der Waals surface area contributed by atoms with E-state index in [1.54, 1.807) is 0 Å². The second-order valence-electron chi connectivity index (χ2n) is 4.98. The predicted molar refractivity (Wildman–Crippen MR) is 77.5 cm³/mol. The van der Waals surface area contributed by atoms with Gasteiger partial charge in [-0.25, -0.2) is 0 Å². The Morgan fingerprint density at radius 1 is 1.41 bits per heavy atom. The van der Waals surface area contributed by atoms with Gasteiger partial charge >= 0.3 is 0 Å². The summed E-state index contributed by atoms with van der Waals surface area (Å²) in [6.45, 7) is 2.11. The van der Waals surface area contributed by atoms with Crippen molar-refractivity contribution in [1.29, 1.82) is 0 Å². The quantitative estimate of drug-likeness (QED) is 0.896. The topological polar surface area (TPSA) is 15.3 Å². The average Bonchev–Trinajstić information content (AvgIpc) is 2.24. The third-order valence-electron chi connectivity index (χ3n) is 3.58. The summed E-state index contributed by atoms with van der Waals surface area (Å²) in [5.41, 5.74) is 2.72. The Labute approximate surface area is 113 Å². The van der Waals surface area contributed by atoms with Crippen molar-refractivity contribution in [3.63, 3.8) is 0 Å². The van der Waals surface area contributed by atoms with E-state index >= 15 is 0 Å². The molecule has 1 aromatic carbocycles. The van der Waals surface area contributed by atoms with Gasteiger partial charge < -0.3 is 10.2 Å². The Morgan fingerprint density at radius 3 is 2.76 bits per heavy atom. The van der Waals surface area contributed by atoms with Crippen molar-refractivity contribution in [2.45, 2.75) is 25.8 Å². The first-order chi connectivity index (χ1) is 8.20. The Hall–Kier alpha value is -0.540. The summed E-state index contributed by atoms with van der Waals surface area (Å²) in [6.07, 6.45) is 4.23. The number of nitrogens with one attached hydrogen (secondary N) is 1. The van der Waals surface area contributed by atoms with Crippen molar-refractivity contribution in [2.75, 3.05) is 25.5 Å². The molecule has 1 aliphatic rings. The van der Waals surface area contributed by atoms with E-state index in [-0.39, 0.29) is 0 Å². The van der Waals surface area contributed by atoms with Crippen molar-refractivity contribution in [3.8, 4) is 0 Å². The molecular weight excluding hydrogens is 276 g/mol. The molecule has 0 amide bonds. The highest BCUT2D eigenvalue weighted by molar-refractivity contribution is 9.10. The number of halogens is 1. The van der Waals surface area contributed by atoms with Gasteiger partial charge in [0.05, 0.1) is 0 Å². The van der Waals surface area contributed by atoms with E-state index in [1.165, 1.54) is 37.1 Å².